The number of carbonyl (C=O) groups is 1. The molecule has 1 aliphatic rings. The van der Waals surface area contributed by atoms with Crippen LogP contribution >= 0.6 is 0 Å². The highest BCUT2D eigenvalue weighted by Crippen LogP contribution is 2.32. The molecule has 1 amide bonds. The molecular weight excluding hydrogens is 349 g/mol. The number of carbonyl (C=O) groups excluding carboxylic acids is 1. The third kappa shape index (κ3) is 4.24. The third-order valence-electron chi connectivity index (χ3n) is 4.04. The molecule has 6 nitrogen and oxygen atoms in total. The van der Waals surface area contributed by atoms with Crippen LogP contribution in [0.15, 0.2) is 31.1 Å². The van der Waals surface area contributed by atoms with E-state index in [0.717, 1.165) is 5.56 Å². The highest BCUT2D eigenvalue weighted by Gasteiger charge is 2.28. The Morgan fingerprint density at radius 1 is 1.33 bits per heavy atom. The van der Waals surface area contributed by atoms with Crippen LogP contribution in [0.5, 0.6) is 11.6 Å². The summed E-state index contributed by atoms with van der Waals surface area (Å²) in [5, 5.41) is 0. The number of rotatable bonds is 3. The van der Waals surface area contributed by atoms with E-state index >= 15 is 0 Å². The van der Waals surface area contributed by atoms with Crippen molar-refractivity contribution in [3.63, 3.8) is 0 Å². The summed E-state index contributed by atoms with van der Waals surface area (Å²) in [6.07, 6.45) is 2.92. The average molecular weight is 371 g/mol. The standard InChI is InChI=1S/C20H22FN3O3/c1-5-13-15(21)7-6-8-17(13)26-18-14-9-10-24(11-16(14)22-12-23-18)19(25)27-20(2,3)4/h5-8,12H,1,9-11H2,2-4H3. The Balaban J connectivity index is 1.83. The van der Waals surface area contributed by atoms with E-state index in [2.05, 4.69) is 16.5 Å². The summed E-state index contributed by atoms with van der Waals surface area (Å²) in [6, 6.07) is 4.57. The Morgan fingerprint density at radius 2 is 2.11 bits per heavy atom. The van der Waals surface area contributed by atoms with E-state index in [1.165, 1.54) is 18.5 Å². The summed E-state index contributed by atoms with van der Waals surface area (Å²) < 4.78 is 25.2. The lowest BCUT2D eigenvalue weighted by molar-refractivity contribution is 0.0219. The Hall–Kier alpha value is -2.96. The molecule has 1 aromatic carbocycles. The number of fused-ring (bicyclic) bond motifs is 1. The number of amides is 1. The number of hydrogen-bond donors (Lipinski definition) is 0. The van der Waals surface area contributed by atoms with Crippen LogP contribution in [-0.2, 0) is 17.7 Å². The van der Waals surface area contributed by atoms with Crippen LogP contribution in [0.2, 0.25) is 0 Å². The molecule has 0 bridgehead atoms. The molecule has 2 heterocycles. The van der Waals surface area contributed by atoms with E-state index in [9.17, 15) is 9.18 Å². The van der Waals surface area contributed by atoms with Crippen molar-refractivity contribution in [2.45, 2.75) is 39.3 Å². The molecule has 0 atom stereocenters. The normalized spacial score (nSPS) is 13.7. The number of aromatic nitrogens is 2. The van der Waals surface area contributed by atoms with Crippen molar-refractivity contribution in [1.29, 1.82) is 0 Å². The zero-order valence-electron chi connectivity index (χ0n) is 15.7. The van der Waals surface area contributed by atoms with Gasteiger partial charge in [0.05, 0.1) is 17.8 Å². The van der Waals surface area contributed by atoms with Crippen molar-refractivity contribution in [3.8, 4) is 11.6 Å². The second-order valence-electron chi connectivity index (χ2n) is 7.21. The van der Waals surface area contributed by atoms with Gasteiger partial charge in [0.2, 0.25) is 5.88 Å². The van der Waals surface area contributed by atoms with Gasteiger partial charge in [-0.2, -0.15) is 0 Å². The Kier molecular flexibility index (Phi) is 5.12. The van der Waals surface area contributed by atoms with Crippen molar-refractivity contribution in [2.24, 2.45) is 0 Å². The van der Waals surface area contributed by atoms with Gasteiger partial charge in [0.25, 0.3) is 0 Å². The molecule has 0 radical (unpaired) electrons. The van der Waals surface area contributed by atoms with Gasteiger partial charge in [-0.25, -0.2) is 19.2 Å². The first-order valence-electron chi connectivity index (χ1n) is 8.68. The third-order valence-corrected chi connectivity index (χ3v) is 4.04. The fraction of sp³-hybridized carbons (Fsp3) is 0.350. The summed E-state index contributed by atoms with van der Waals surface area (Å²) in [5.74, 6) is 0.277. The van der Waals surface area contributed by atoms with Crippen LogP contribution in [0.1, 0.15) is 37.6 Å². The number of hydrogen-bond acceptors (Lipinski definition) is 5. The lowest BCUT2D eigenvalue weighted by Crippen LogP contribution is -2.40. The molecule has 0 spiro atoms. The zero-order valence-corrected chi connectivity index (χ0v) is 15.7. The second kappa shape index (κ2) is 7.34. The first-order chi connectivity index (χ1) is 12.8. The molecule has 0 aliphatic carbocycles. The fourth-order valence-corrected chi connectivity index (χ4v) is 2.80. The minimum Gasteiger partial charge on any atom is -0.444 e. The van der Waals surface area contributed by atoms with Gasteiger partial charge in [0.1, 0.15) is 23.5 Å². The number of halogens is 1. The minimum atomic E-state index is -0.560. The molecule has 0 fully saturated rings. The van der Waals surface area contributed by atoms with Crippen molar-refractivity contribution in [1.82, 2.24) is 14.9 Å². The van der Waals surface area contributed by atoms with Gasteiger partial charge >= 0.3 is 6.09 Å². The van der Waals surface area contributed by atoms with Crippen LogP contribution in [0, 0.1) is 5.82 Å². The molecule has 1 aliphatic heterocycles. The van der Waals surface area contributed by atoms with E-state index in [-0.39, 0.29) is 11.7 Å². The monoisotopic (exact) mass is 371 g/mol. The lowest BCUT2D eigenvalue weighted by Gasteiger charge is -2.30. The van der Waals surface area contributed by atoms with Gasteiger partial charge in [-0.05, 0) is 39.3 Å². The molecule has 27 heavy (non-hydrogen) atoms. The molecule has 0 saturated carbocycles. The maximum absolute atomic E-state index is 13.9. The second-order valence-corrected chi connectivity index (χ2v) is 7.21. The van der Waals surface area contributed by atoms with Crippen molar-refractivity contribution in [2.75, 3.05) is 6.54 Å². The van der Waals surface area contributed by atoms with Crippen LogP contribution in [0.3, 0.4) is 0 Å². The van der Waals surface area contributed by atoms with Gasteiger partial charge in [-0.1, -0.05) is 18.7 Å². The fourth-order valence-electron chi connectivity index (χ4n) is 2.80. The maximum atomic E-state index is 13.9. The molecule has 0 unspecified atom stereocenters. The minimum absolute atomic E-state index is 0.274. The summed E-state index contributed by atoms with van der Waals surface area (Å²) in [4.78, 5) is 22.4. The summed E-state index contributed by atoms with van der Waals surface area (Å²) in [7, 11) is 0. The predicted molar refractivity (Wildman–Crippen MR) is 98.9 cm³/mol. The highest BCUT2D eigenvalue weighted by atomic mass is 19.1. The van der Waals surface area contributed by atoms with Gasteiger partial charge in [0, 0.05) is 12.1 Å². The van der Waals surface area contributed by atoms with Crippen molar-refractivity contribution in [3.05, 3.63) is 53.7 Å². The molecule has 1 aromatic heterocycles. The summed E-state index contributed by atoms with van der Waals surface area (Å²) >= 11 is 0. The largest absolute Gasteiger partial charge is 0.444 e. The smallest absolute Gasteiger partial charge is 0.410 e. The molecule has 0 saturated heterocycles. The molecule has 3 rings (SSSR count). The number of ether oxygens (including phenoxy) is 2. The molecule has 2 aromatic rings. The Labute approximate surface area is 157 Å². The Morgan fingerprint density at radius 3 is 2.81 bits per heavy atom. The van der Waals surface area contributed by atoms with Crippen LogP contribution in [0.4, 0.5) is 9.18 Å². The molecular formula is C20H22FN3O3. The van der Waals surface area contributed by atoms with E-state index in [1.807, 2.05) is 20.8 Å². The first kappa shape index (κ1) is 18.8. The first-order valence-corrected chi connectivity index (χ1v) is 8.68. The number of nitrogens with zero attached hydrogens (tertiary/aromatic N) is 3. The predicted octanol–water partition coefficient (Wildman–Crippen LogP) is 4.34. The topological polar surface area (TPSA) is 64.6 Å². The quantitative estimate of drug-likeness (QED) is 0.803. The number of benzene rings is 1. The zero-order chi connectivity index (χ0) is 19.6. The van der Waals surface area contributed by atoms with Gasteiger partial charge in [0.15, 0.2) is 0 Å². The molecule has 7 heteroatoms. The van der Waals surface area contributed by atoms with E-state index < -0.39 is 11.4 Å². The van der Waals surface area contributed by atoms with Crippen LogP contribution < -0.4 is 4.74 Å². The van der Waals surface area contributed by atoms with Crippen molar-refractivity contribution >= 4 is 12.2 Å². The SMILES string of the molecule is C=Cc1c(F)cccc1Oc1ncnc2c1CCN(C(=O)OC(C)(C)C)C2. The van der Waals surface area contributed by atoms with E-state index in [0.29, 0.717) is 36.8 Å². The lowest BCUT2D eigenvalue weighted by atomic mass is 10.1. The van der Waals surface area contributed by atoms with Crippen LogP contribution in [-0.4, -0.2) is 33.1 Å². The summed E-state index contributed by atoms with van der Waals surface area (Å²) in [5.41, 5.74) is 1.21. The van der Waals surface area contributed by atoms with E-state index in [4.69, 9.17) is 9.47 Å². The Bertz CT molecular complexity index is 877. The van der Waals surface area contributed by atoms with E-state index in [1.54, 1.807) is 17.0 Å². The van der Waals surface area contributed by atoms with Gasteiger partial charge < -0.3 is 14.4 Å². The summed E-state index contributed by atoms with van der Waals surface area (Å²) in [6.45, 7) is 9.88. The van der Waals surface area contributed by atoms with Crippen LogP contribution in [0.25, 0.3) is 6.08 Å². The van der Waals surface area contributed by atoms with Gasteiger partial charge in [-0.3, -0.25) is 0 Å². The maximum Gasteiger partial charge on any atom is 0.410 e. The highest BCUT2D eigenvalue weighted by molar-refractivity contribution is 5.68. The molecule has 142 valence electrons. The van der Waals surface area contributed by atoms with Crippen molar-refractivity contribution < 1.29 is 18.7 Å². The molecule has 0 N–H and O–H groups in total. The average Bonchev–Trinajstić information content (AvgIpc) is 2.60. The van der Waals surface area contributed by atoms with Gasteiger partial charge in [-0.15, -0.1) is 0 Å².